The molecule has 1 nitrogen and oxygen atoms in total. The second kappa shape index (κ2) is 3.23. The number of nitrogens with zero attached hydrogens (tertiary/aromatic N) is 1. The molecule has 0 aliphatic heterocycles. The topological polar surface area (TPSA) is 12.9 Å². The van der Waals surface area contributed by atoms with Gasteiger partial charge in [0.25, 0.3) is 0 Å². The summed E-state index contributed by atoms with van der Waals surface area (Å²) < 4.78 is 0. The van der Waals surface area contributed by atoms with Crippen LogP contribution in [-0.4, -0.2) is 4.98 Å². The Kier molecular flexibility index (Phi) is 2.70. The summed E-state index contributed by atoms with van der Waals surface area (Å²) in [5, 5.41) is 4.17. The first-order valence-corrected chi connectivity index (χ1v) is 5.55. The van der Waals surface area contributed by atoms with Crippen molar-refractivity contribution in [1.82, 2.24) is 4.98 Å². The third-order valence-electron chi connectivity index (χ3n) is 1.43. The lowest BCUT2D eigenvalue weighted by Gasteiger charge is -2.13. The van der Waals surface area contributed by atoms with Crippen molar-refractivity contribution in [3.63, 3.8) is 0 Å². The standard InChI is InChI=1S/C8H12BrNS/c1-8(2,3)6-5-11-7(4-9)10-6/h5H,4H2,1-3H3. The molecule has 62 valence electrons. The number of halogens is 1. The van der Waals surface area contributed by atoms with E-state index in [1.807, 2.05) is 0 Å². The highest BCUT2D eigenvalue weighted by Gasteiger charge is 2.16. The van der Waals surface area contributed by atoms with E-state index in [2.05, 4.69) is 47.1 Å². The Hall–Kier alpha value is 0.110. The minimum atomic E-state index is 0.191. The fourth-order valence-corrected chi connectivity index (χ4v) is 2.11. The highest BCUT2D eigenvalue weighted by Crippen LogP contribution is 2.24. The quantitative estimate of drug-likeness (QED) is 0.679. The molecule has 0 radical (unpaired) electrons. The van der Waals surface area contributed by atoms with E-state index in [1.165, 1.54) is 5.69 Å². The van der Waals surface area contributed by atoms with Gasteiger partial charge in [-0.05, 0) is 0 Å². The van der Waals surface area contributed by atoms with Gasteiger partial charge in [0.2, 0.25) is 0 Å². The Morgan fingerprint density at radius 1 is 1.55 bits per heavy atom. The summed E-state index contributed by atoms with van der Waals surface area (Å²) >= 11 is 5.10. The smallest absolute Gasteiger partial charge is 0.103 e. The van der Waals surface area contributed by atoms with Crippen molar-refractivity contribution < 1.29 is 0 Å². The van der Waals surface area contributed by atoms with Crippen LogP contribution in [0.4, 0.5) is 0 Å². The third kappa shape index (κ3) is 2.27. The highest BCUT2D eigenvalue weighted by molar-refractivity contribution is 9.08. The summed E-state index contributed by atoms with van der Waals surface area (Å²) in [4.78, 5) is 4.47. The van der Waals surface area contributed by atoms with E-state index in [4.69, 9.17) is 0 Å². The SMILES string of the molecule is CC(C)(C)c1csc(CBr)n1. The van der Waals surface area contributed by atoms with E-state index in [0.717, 1.165) is 10.3 Å². The first-order chi connectivity index (χ1) is 5.04. The summed E-state index contributed by atoms with van der Waals surface area (Å²) in [6.45, 7) is 6.54. The molecule has 0 fully saturated rings. The van der Waals surface area contributed by atoms with E-state index in [-0.39, 0.29) is 5.41 Å². The lowest BCUT2D eigenvalue weighted by molar-refractivity contribution is 0.572. The van der Waals surface area contributed by atoms with Crippen molar-refractivity contribution in [2.24, 2.45) is 0 Å². The van der Waals surface area contributed by atoms with Crippen LogP contribution in [0.3, 0.4) is 0 Å². The molecule has 0 N–H and O–H groups in total. The zero-order chi connectivity index (χ0) is 8.48. The van der Waals surface area contributed by atoms with Crippen LogP contribution in [0.2, 0.25) is 0 Å². The van der Waals surface area contributed by atoms with Gasteiger partial charge in [-0.25, -0.2) is 4.98 Å². The molecule has 0 spiro atoms. The van der Waals surface area contributed by atoms with Crippen LogP contribution in [0, 0.1) is 0 Å². The molecule has 0 aromatic carbocycles. The van der Waals surface area contributed by atoms with E-state index >= 15 is 0 Å². The van der Waals surface area contributed by atoms with Gasteiger partial charge in [-0.15, -0.1) is 11.3 Å². The summed E-state index contributed by atoms with van der Waals surface area (Å²) in [7, 11) is 0. The average Bonchev–Trinajstić information content (AvgIpc) is 2.32. The molecule has 0 aliphatic rings. The minimum absolute atomic E-state index is 0.191. The van der Waals surface area contributed by atoms with Crippen LogP contribution in [-0.2, 0) is 10.7 Å². The zero-order valence-corrected chi connectivity index (χ0v) is 9.42. The van der Waals surface area contributed by atoms with E-state index in [9.17, 15) is 0 Å². The van der Waals surface area contributed by atoms with Crippen LogP contribution in [0.15, 0.2) is 5.38 Å². The van der Waals surface area contributed by atoms with Gasteiger partial charge >= 0.3 is 0 Å². The molecule has 3 heteroatoms. The fourth-order valence-electron chi connectivity index (χ4n) is 0.717. The monoisotopic (exact) mass is 233 g/mol. The second-order valence-corrected chi connectivity index (χ2v) is 5.01. The van der Waals surface area contributed by atoms with Gasteiger partial charge in [0.15, 0.2) is 0 Å². The van der Waals surface area contributed by atoms with Crippen molar-refractivity contribution >= 4 is 27.3 Å². The van der Waals surface area contributed by atoms with E-state index in [0.29, 0.717) is 0 Å². The Morgan fingerprint density at radius 2 is 2.18 bits per heavy atom. The molecule has 0 saturated heterocycles. The van der Waals surface area contributed by atoms with E-state index < -0.39 is 0 Å². The molecular weight excluding hydrogens is 222 g/mol. The Bertz CT molecular complexity index is 236. The number of rotatable bonds is 1. The van der Waals surface area contributed by atoms with Crippen molar-refractivity contribution in [2.75, 3.05) is 0 Å². The summed E-state index contributed by atoms with van der Waals surface area (Å²) in [5.74, 6) is 0. The first kappa shape index (κ1) is 9.20. The average molecular weight is 234 g/mol. The fraction of sp³-hybridized carbons (Fsp3) is 0.625. The Labute approximate surface area is 80.0 Å². The number of aromatic nitrogens is 1. The van der Waals surface area contributed by atoms with Crippen LogP contribution >= 0.6 is 27.3 Å². The summed E-state index contributed by atoms with van der Waals surface area (Å²) in [6.07, 6.45) is 0. The number of hydrogen-bond donors (Lipinski definition) is 0. The normalized spacial score (nSPS) is 12.0. The molecule has 1 aromatic rings. The molecule has 0 bridgehead atoms. The lowest BCUT2D eigenvalue weighted by atomic mass is 9.93. The predicted molar refractivity (Wildman–Crippen MR) is 53.4 cm³/mol. The van der Waals surface area contributed by atoms with Crippen LogP contribution in [0.5, 0.6) is 0 Å². The van der Waals surface area contributed by atoms with Crippen molar-refractivity contribution in [3.05, 3.63) is 16.1 Å². The molecule has 0 atom stereocenters. The molecule has 0 aliphatic carbocycles. The maximum atomic E-state index is 4.47. The van der Waals surface area contributed by atoms with Gasteiger partial charge in [0, 0.05) is 10.8 Å². The maximum absolute atomic E-state index is 4.47. The maximum Gasteiger partial charge on any atom is 0.103 e. The van der Waals surface area contributed by atoms with Gasteiger partial charge in [-0.1, -0.05) is 36.7 Å². The zero-order valence-electron chi connectivity index (χ0n) is 7.02. The van der Waals surface area contributed by atoms with Gasteiger partial charge < -0.3 is 0 Å². The second-order valence-electron chi connectivity index (χ2n) is 3.51. The predicted octanol–water partition coefficient (Wildman–Crippen LogP) is 3.34. The highest BCUT2D eigenvalue weighted by atomic mass is 79.9. The molecule has 1 heterocycles. The van der Waals surface area contributed by atoms with Crippen molar-refractivity contribution in [3.8, 4) is 0 Å². The Balaban J connectivity index is 2.89. The lowest BCUT2D eigenvalue weighted by Crippen LogP contribution is -2.11. The number of hydrogen-bond acceptors (Lipinski definition) is 2. The third-order valence-corrected chi connectivity index (χ3v) is 3.19. The van der Waals surface area contributed by atoms with Crippen LogP contribution < -0.4 is 0 Å². The largest absolute Gasteiger partial charge is 0.245 e. The summed E-state index contributed by atoms with van der Waals surface area (Å²) in [6, 6.07) is 0. The van der Waals surface area contributed by atoms with Gasteiger partial charge in [0.05, 0.1) is 11.0 Å². The van der Waals surface area contributed by atoms with Crippen LogP contribution in [0.25, 0.3) is 0 Å². The number of alkyl halides is 1. The van der Waals surface area contributed by atoms with Gasteiger partial charge in [-0.2, -0.15) is 0 Å². The van der Waals surface area contributed by atoms with Crippen molar-refractivity contribution in [1.29, 1.82) is 0 Å². The molecule has 1 aromatic heterocycles. The van der Waals surface area contributed by atoms with E-state index in [1.54, 1.807) is 11.3 Å². The molecular formula is C8H12BrNS. The number of thiazole rings is 1. The summed E-state index contributed by atoms with van der Waals surface area (Å²) in [5.41, 5.74) is 1.38. The molecule has 0 saturated carbocycles. The van der Waals surface area contributed by atoms with Crippen molar-refractivity contribution in [2.45, 2.75) is 31.5 Å². The van der Waals surface area contributed by atoms with Gasteiger partial charge in [0.1, 0.15) is 5.01 Å². The molecule has 0 amide bonds. The molecule has 11 heavy (non-hydrogen) atoms. The first-order valence-electron chi connectivity index (χ1n) is 3.55. The van der Waals surface area contributed by atoms with Crippen LogP contribution in [0.1, 0.15) is 31.5 Å². The van der Waals surface area contributed by atoms with Gasteiger partial charge in [-0.3, -0.25) is 0 Å². The Morgan fingerprint density at radius 3 is 2.45 bits per heavy atom. The molecule has 0 unspecified atom stereocenters. The minimum Gasteiger partial charge on any atom is -0.245 e. The molecule has 1 rings (SSSR count).